The van der Waals surface area contributed by atoms with Crippen LogP contribution in [0.5, 0.6) is 11.5 Å². The number of fused-ring (bicyclic) bond motifs is 1. The number of ether oxygens (including phenoxy) is 2. The highest BCUT2D eigenvalue weighted by Gasteiger charge is 2.15. The van der Waals surface area contributed by atoms with E-state index in [1.807, 2.05) is 12.1 Å². The largest absolute Gasteiger partial charge is 0.454 e. The summed E-state index contributed by atoms with van der Waals surface area (Å²) in [7, 11) is 0. The minimum atomic E-state index is -0.407. The molecule has 0 spiro atoms. The van der Waals surface area contributed by atoms with Gasteiger partial charge in [-0.3, -0.25) is 4.39 Å². The third-order valence-corrected chi connectivity index (χ3v) is 2.24. The molecule has 0 unspecified atom stereocenters. The first-order chi connectivity index (χ1) is 6.81. The van der Waals surface area contributed by atoms with Crippen LogP contribution in [-0.4, -0.2) is 13.5 Å². The molecule has 5 heteroatoms. The lowest BCUT2D eigenvalue weighted by atomic mass is 10.0. The lowest BCUT2D eigenvalue weighted by Gasteiger charge is -2.09. The quantitative estimate of drug-likeness (QED) is 0.871. The van der Waals surface area contributed by atoms with Crippen molar-refractivity contribution in [2.45, 2.75) is 12.5 Å². The van der Waals surface area contributed by atoms with Crippen LogP contribution in [0.15, 0.2) is 18.2 Å². The van der Waals surface area contributed by atoms with Gasteiger partial charge in [-0.05, 0) is 24.1 Å². The minimum Gasteiger partial charge on any atom is -0.454 e. The molecule has 1 aromatic carbocycles. The van der Waals surface area contributed by atoms with E-state index in [4.69, 9.17) is 15.2 Å². The molecule has 3 nitrogen and oxygen atoms in total. The summed E-state index contributed by atoms with van der Waals surface area (Å²) < 4.78 is 22.4. The van der Waals surface area contributed by atoms with Crippen molar-refractivity contribution in [1.82, 2.24) is 0 Å². The zero-order valence-corrected chi connectivity index (χ0v) is 8.93. The van der Waals surface area contributed by atoms with Crippen LogP contribution in [0.1, 0.15) is 18.0 Å². The first-order valence-corrected chi connectivity index (χ1v) is 4.52. The maximum Gasteiger partial charge on any atom is 0.231 e. The Morgan fingerprint density at radius 2 is 2.07 bits per heavy atom. The Bertz CT molecular complexity index is 335. The van der Waals surface area contributed by atoms with Crippen LogP contribution in [0.4, 0.5) is 4.39 Å². The van der Waals surface area contributed by atoms with Crippen molar-refractivity contribution >= 4 is 12.4 Å². The van der Waals surface area contributed by atoms with Gasteiger partial charge < -0.3 is 15.2 Å². The van der Waals surface area contributed by atoms with Gasteiger partial charge in [0.25, 0.3) is 0 Å². The van der Waals surface area contributed by atoms with Gasteiger partial charge in [-0.2, -0.15) is 0 Å². The molecule has 0 saturated carbocycles. The van der Waals surface area contributed by atoms with E-state index in [1.54, 1.807) is 6.07 Å². The van der Waals surface area contributed by atoms with Gasteiger partial charge in [-0.15, -0.1) is 12.4 Å². The molecule has 0 saturated heterocycles. The highest BCUT2D eigenvalue weighted by atomic mass is 35.5. The molecule has 0 fully saturated rings. The fourth-order valence-electron chi connectivity index (χ4n) is 1.43. The zero-order chi connectivity index (χ0) is 9.97. The maximum atomic E-state index is 12.1. The molecule has 2 N–H and O–H groups in total. The second kappa shape index (κ2) is 5.19. The predicted octanol–water partition coefficient (Wildman–Crippen LogP) is 2.20. The molecule has 1 heterocycles. The Balaban J connectivity index is 0.00000112. The molecule has 1 atom stereocenters. The van der Waals surface area contributed by atoms with E-state index in [9.17, 15) is 4.39 Å². The second-order valence-corrected chi connectivity index (χ2v) is 3.20. The maximum absolute atomic E-state index is 12.1. The molecule has 1 aromatic rings. The second-order valence-electron chi connectivity index (χ2n) is 3.20. The van der Waals surface area contributed by atoms with E-state index < -0.39 is 6.67 Å². The van der Waals surface area contributed by atoms with Gasteiger partial charge in [-0.1, -0.05) is 6.07 Å². The molecule has 0 bridgehead atoms. The fourth-order valence-corrected chi connectivity index (χ4v) is 1.43. The van der Waals surface area contributed by atoms with Crippen molar-refractivity contribution in [3.63, 3.8) is 0 Å². The van der Waals surface area contributed by atoms with Gasteiger partial charge in [0.05, 0.1) is 6.67 Å². The summed E-state index contributed by atoms with van der Waals surface area (Å²) >= 11 is 0. The average molecular weight is 234 g/mol. The summed E-state index contributed by atoms with van der Waals surface area (Å²) in [6, 6.07) is 5.18. The molecule has 1 aliphatic rings. The molecule has 0 aromatic heterocycles. The normalized spacial score (nSPS) is 14.5. The van der Waals surface area contributed by atoms with E-state index >= 15 is 0 Å². The fraction of sp³-hybridized carbons (Fsp3) is 0.400. The van der Waals surface area contributed by atoms with Crippen LogP contribution in [0.25, 0.3) is 0 Å². The smallest absolute Gasteiger partial charge is 0.231 e. The van der Waals surface area contributed by atoms with E-state index in [0.717, 1.165) is 11.3 Å². The van der Waals surface area contributed by atoms with Crippen LogP contribution in [0.2, 0.25) is 0 Å². The zero-order valence-electron chi connectivity index (χ0n) is 8.11. The molecule has 1 aliphatic heterocycles. The van der Waals surface area contributed by atoms with E-state index in [1.165, 1.54) is 0 Å². The summed E-state index contributed by atoms with van der Waals surface area (Å²) in [6.07, 6.45) is 0.333. The number of nitrogens with two attached hydrogens (primary N) is 1. The van der Waals surface area contributed by atoms with Gasteiger partial charge in [0.15, 0.2) is 11.5 Å². The summed E-state index contributed by atoms with van der Waals surface area (Å²) in [5.41, 5.74) is 6.64. The average Bonchev–Trinajstić information content (AvgIpc) is 2.64. The van der Waals surface area contributed by atoms with Gasteiger partial charge in [0.2, 0.25) is 6.79 Å². The third kappa shape index (κ3) is 2.52. The molecule has 84 valence electrons. The standard InChI is InChI=1S/C10H12FNO2.ClH/c11-4-3-8(12)7-1-2-9-10(5-7)14-6-13-9;/h1-2,5,8H,3-4,6,12H2;1H/t8-;/m0./s1. The van der Waals surface area contributed by atoms with Crippen molar-refractivity contribution in [3.05, 3.63) is 23.8 Å². The highest BCUT2D eigenvalue weighted by molar-refractivity contribution is 5.85. The Morgan fingerprint density at radius 3 is 2.80 bits per heavy atom. The van der Waals surface area contributed by atoms with Crippen molar-refractivity contribution in [2.24, 2.45) is 5.73 Å². The lowest BCUT2D eigenvalue weighted by Crippen LogP contribution is -2.10. The van der Waals surface area contributed by atoms with Gasteiger partial charge in [0.1, 0.15) is 0 Å². The van der Waals surface area contributed by atoms with Crippen LogP contribution >= 0.6 is 12.4 Å². The number of benzene rings is 1. The summed E-state index contributed by atoms with van der Waals surface area (Å²) in [5.74, 6) is 1.41. The third-order valence-electron chi connectivity index (χ3n) is 2.24. The molecule has 0 radical (unpaired) electrons. The molecule has 0 aliphatic carbocycles. The highest BCUT2D eigenvalue weighted by Crippen LogP contribution is 2.34. The van der Waals surface area contributed by atoms with E-state index in [0.29, 0.717) is 12.2 Å². The van der Waals surface area contributed by atoms with Gasteiger partial charge in [0, 0.05) is 6.04 Å². The van der Waals surface area contributed by atoms with E-state index in [2.05, 4.69) is 0 Å². The van der Waals surface area contributed by atoms with Crippen LogP contribution < -0.4 is 15.2 Å². The van der Waals surface area contributed by atoms with Crippen molar-refractivity contribution in [1.29, 1.82) is 0 Å². The Kier molecular flexibility index (Phi) is 4.17. The van der Waals surface area contributed by atoms with Crippen LogP contribution in [0.3, 0.4) is 0 Å². The number of hydrogen-bond donors (Lipinski definition) is 1. The lowest BCUT2D eigenvalue weighted by molar-refractivity contribution is 0.174. The van der Waals surface area contributed by atoms with E-state index in [-0.39, 0.29) is 25.2 Å². The van der Waals surface area contributed by atoms with Gasteiger partial charge >= 0.3 is 0 Å². The van der Waals surface area contributed by atoms with Crippen molar-refractivity contribution in [3.8, 4) is 11.5 Å². The molecular formula is C10H13ClFNO2. The summed E-state index contributed by atoms with van der Waals surface area (Å²) in [6.45, 7) is -0.160. The Morgan fingerprint density at radius 1 is 1.33 bits per heavy atom. The molecular weight excluding hydrogens is 221 g/mol. The molecule has 0 amide bonds. The molecule has 2 rings (SSSR count). The first kappa shape index (κ1) is 12.1. The number of halogens is 2. The molecule has 15 heavy (non-hydrogen) atoms. The van der Waals surface area contributed by atoms with Crippen LogP contribution in [-0.2, 0) is 0 Å². The van der Waals surface area contributed by atoms with Crippen molar-refractivity contribution < 1.29 is 13.9 Å². The van der Waals surface area contributed by atoms with Crippen molar-refractivity contribution in [2.75, 3.05) is 13.5 Å². The minimum absolute atomic E-state index is 0. The SMILES string of the molecule is Cl.N[C@@H](CCF)c1ccc2c(c1)OCO2. The Labute approximate surface area is 93.8 Å². The topological polar surface area (TPSA) is 44.5 Å². The van der Waals surface area contributed by atoms with Gasteiger partial charge in [-0.25, -0.2) is 0 Å². The first-order valence-electron chi connectivity index (χ1n) is 4.52. The van der Waals surface area contributed by atoms with Crippen LogP contribution in [0, 0.1) is 0 Å². The monoisotopic (exact) mass is 233 g/mol. The summed E-state index contributed by atoms with van der Waals surface area (Å²) in [5, 5.41) is 0. The number of hydrogen-bond acceptors (Lipinski definition) is 3. The summed E-state index contributed by atoms with van der Waals surface area (Å²) in [4.78, 5) is 0. The number of rotatable bonds is 3. The Hall–Kier alpha value is -1.00. The predicted molar refractivity (Wildman–Crippen MR) is 57.3 cm³/mol. The number of alkyl halides is 1.